The van der Waals surface area contributed by atoms with Crippen molar-refractivity contribution < 1.29 is 18.8 Å². The van der Waals surface area contributed by atoms with Gasteiger partial charge in [0.05, 0.1) is 0 Å². The third-order valence-corrected chi connectivity index (χ3v) is 2.52. The molecule has 1 aromatic carbocycles. The molecule has 0 bridgehead atoms. The molecule has 0 saturated heterocycles. The van der Waals surface area contributed by atoms with E-state index in [0.29, 0.717) is 0 Å². The van der Waals surface area contributed by atoms with Crippen LogP contribution in [0.5, 0.6) is 0 Å². The Kier molecular flexibility index (Phi) is 5.17. The smallest absolute Gasteiger partial charge is 0.252 e. The molecule has 6 heteroatoms. The summed E-state index contributed by atoms with van der Waals surface area (Å²) in [5.41, 5.74) is 5.23. The maximum Gasteiger partial charge on any atom is 0.252 e. The monoisotopic (exact) mass is 266 g/mol. The van der Waals surface area contributed by atoms with E-state index in [-0.39, 0.29) is 24.2 Å². The number of primary amides is 1. The summed E-state index contributed by atoms with van der Waals surface area (Å²) in [7, 11) is 0. The second-order valence-electron chi connectivity index (χ2n) is 4.18. The van der Waals surface area contributed by atoms with Crippen LogP contribution in [0.1, 0.15) is 30.1 Å². The lowest BCUT2D eigenvalue weighted by atomic mass is 10.1. The number of rotatable bonds is 6. The summed E-state index contributed by atoms with van der Waals surface area (Å²) in [6.45, 7) is 1.38. The van der Waals surface area contributed by atoms with Crippen molar-refractivity contribution in [3.05, 3.63) is 35.6 Å². The topological polar surface area (TPSA) is 89.3 Å². The molecule has 0 radical (unpaired) electrons. The summed E-state index contributed by atoms with van der Waals surface area (Å²) in [6, 6.07) is 4.12. The Morgan fingerprint density at radius 1 is 1.37 bits per heavy atom. The minimum atomic E-state index is -0.945. The fraction of sp³-hybridized carbons (Fsp3) is 0.308. The number of nitrogens with one attached hydrogen (secondary N) is 1. The molecule has 102 valence electrons. The lowest BCUT2D eigenvalue weighted by Gasteiger charge is -2.14. The molecule has 0 aliphatic rings. The van der Waals surface area contributed by atoms with Gasteiger partial charge in [-0.15, -0.1) is 0 Å². The molecule has 0 aliphatic carbocycles. The first-order valence-electron chi connectivity index (χ1n) is 5.75. The van der Waals surface area contributed by atoms with E-state index >= 15 is 0 Å². The number of hydrogen-bond acceptors (Lipinski definition) is 3. The van der Waals surface area contributed by atoms with Crippen molar-refractivity contribution in [3.8, 4) is 0 Å². The van der Waals surface area contributed by atoms with Crippen LogP contribution in [-0.2, 0) is 9.59 Å². The number of Topliss-reactive ketones (excluding diaryl/α,β-unsaturated/α-hetero) is 1. The second kappa shape index (κ2) is 6.63. The van der Waals surface area contributed by atoms with E-state index in [1.807, 2.05) is 0 Å². The van der Waals surface area contributed by atoms with Crippen molar-refractivity contribution in [2.75, 3.05) is 0 Å². The number of carbonyl (C=O) groups excluding carboxylic acids is 3. The molecule has 0 aromatic heterocycles. The van der Waals surface area contributed by atoms with Gasteiger partial charge in [-0.05, 0) is 31.5 Å². The van der Waals surface area contributed by atoms with Crippen LogP contribution in [0.4, 0.5) is 4.39 Å². The highest BCUT2D eigenvalue weighted by Gasteiger charge is 2.19. The molecule has 1 aromatic rings. The predicted octanol–water partition coefficient (Wildman–Crippen LogP) is 0.779. The minimum Gasteiger partial charge on any atom is -0.368 e. The number of nitrogens with two attached hydrogens (primary N) is 1. The van der Waals surface area contributed by atoms with Gasteiger partial charge in [-0.3, -0.25) is 9.59 Å². The molecule has 0 heterocycles. The van der Waals surface area contributed by atoms with Gasteiger partial charge in [0.1, 0.15) is 17.6 Å². The molecule has 0 aliphatic heterocycles. The normalized spacial score (nSPS) is 11.7. The highest BCUT2D eigenvalue weighted by atomic mass is 19.1. The van der Waals surface area contributed by atoms with Crippen LogP contribution in [0.25, 0.3) is 0 Å². The SMILES string of the molecule is CC(=O)CC[C@@H](NC(=O)c1cccc(F)c1)C(N)=O. The first-order valence-corrected chi connectivity index (χ1v) is 5.75. The average molecular weight is 266 g/mol. The van der Waals surface area contributed by atoms with E-state index in [9.17, 15) is 18.8 Å². The standard InChI is InChI=1S/C13H15FN2O3/c1-8(17)5-6-11(12(15)18)16-13(19)9-3-2-4-10(14)7-9/h2-4,7,11H,5-6H2,1H3,(H2,15,18)(H,16,19)/t11-/m1/s1. The summed E-state index contributed by atoms with van der Waals surface area (Å²) in [4.78, 5) is 33.8. The van der Waals surface area contributed by atoms with Gasteiger partial charge in [0.15, 0.2) is 0 Å². The van der Waals surface area contributed by atoms with Gasteiger partial charge < -0.3 is 15.8 Å². The van der Waals surface area contributed by atoms with Gasteiger partial charge in [0, 0.05) is 12.0 Å². The van der Waals surface area contributed by atoms with Crippen LogP contribution in [-0.4, -0.2) is 23.6 Å². The lowest BCUT2D eigenvalue weighted by Crippen LogP contribution is -2.44. The quantitative estimate of drug-likeness (QED) is 0.797. The molecule has 0 unspecified atom stereocenters. The maximum absolute atomic E-state index is 13.0. The molecule has 3 N–H and O–H groups in total. The molecule has 0 spiro atoms. The van der Waals surface area contributed by atoms with Crippen LogP contribution in [0.3, 0.4) is 0 Å². The van der Waals surface area contributed by atoms with Gasteiger partial charge in [-0.1, -0.05) is 6.07 Å². The van der Waals surface area contributed by atoms with Crippen LogP contribution < -0.4 is 11.1 Å². The highest BCUT2D eigenvalue weighted by Crippen LogP contribution is 2.05. The Morgan fingerprint density at radius 3 is 2.58 bits per heavy atom. The summed E-state index contributed by atoms with van der Waals surface area (Å²) >= 11 is 0. The van der Waals surface area contributed by atoms with Crippen LogP contribution in [0.2, 0.25) is 0 Å². The Balaban J connectivity index is 2.71. The lowest BCUT2D eigenvalue weighted by molar-refractivity contribution is -0.120. The van der Waals surface area contributed by atoms with E-state index in [4.69, 9.17) is 5.73 Å². The number of benzene rings is 1. The zero-order chi connectivity index (χ0) is 14.4. The molecule has 0 fully saturated rings. The van der Waals surface area contributed by atoms with Gasteiger partial charge >= 0.3 is 0 Å². The van der Waals surface area contributed by atoms with Crippen LogP contribution in [0, 0.1) is 5.82 Å². The Hall–Kier alpha value is -2.24. The molecule has 1 atom stereocenters. The number of amides is 2. The zero-order valence-electron chi connectivity index (χ0n) is 10.5. The Labute approximate surface area is 110 Å². The number of ketones is 1. The molecule has 0 saturated carbocycles. The molecule has 19 heavy (non-hydrogen) atoms. The van der Waals surface area contributed by atoms with Crippen molar-refractivity contribution in [1.29, 1.82) is 0 Å². The van der Waals surface area contributed by atoms with Crippen molar-refractivity contribution in [1.82, 2.24) is 5.32 Å². The molecular weight excluding hydrogens is 251 g/mol. The van der Waals surface area contributed by atoms with Crippen molar-refractivity contribution >= 4 is 17.6 Å². The summed E-state index contributed by atoms with van der Waals surface area (Å²) in [5, 5.41) is 2.38. The van der Waals surface area contributed by atoms with E-state index in [0.717, 1.165) is 6.07 Å². The third kappa shape index (κ3) is 4.87. The highest BCUT2D eigenvalue weighted by molar-refractivity contribution is 5.97. The summed E-state index contributed by atoms with van der Waals surface area (Å²) < 4.78 is 13.0. The Morgan fingerprint density at radius 2 is 2.05 bits per heavy atom. The van der Waals surface area contributed by atoms with Gasteiger partial charge in [-0.25, -0.2) is 4.39 Å². The van der Waals surface area contributed by atoms with Gasteiger partial charge in [-0.2, -0.15) is 0 Å². The summed E-state index contributed by atoms with van der Waals surface area (Å²) in [5.74, 6) is -1.99. The summed E-state index contributed by atoms with van der Waals surface area (Å²) in [6.07, 6.45) is 0.267. The van der Waals surface area contributed by atoms with E-state index in [2.05, 4.69) is 5.32 Å². The third-order valence-electron chi connectivity index (χ3n) is 2.52. The number of carbonyl (C=O) groups is 3. The van der Waals surface area contributed by atoms with Crippen LogP contribution in [0.15, 0.2) is 24.3 Å². The average Bonchev–Trinajstić information content (AvgIpc) is 2.33. The molecule has 5 nitrogen and oxygen atoms in total. The fourth-order valence-corrected chi connectivity index (χ4v) is 1.50. The first kappa shape index (κ1) is 14.8. The number of halogens is 1. The zero-order valence-corrected chi connectivity index (χ0v) is 10.5. The Bertz CT molecular complexity index is 502. The van der Waals surface area contributed by atoms with Gasteiger partial charge in [0.2, 0.25) is 5.91 Å². The largest absolute Gasteiger partial charge is 0.368 e. The number of hydrogen-bond donors (Lipinski definition) is 2. The maximum atomic E-state index is 13.0. The van der Waals surface area contributed by atoms with E-state index in [1.54, 1.807) is 0 Å². The van der Waals surface area contributed by atoms with Crippen molar-refractivity contribution in [3.63, 3.8) is 0 Å². The molecular formula is C13H15FN2O3. The molecule has 2 amide bonds. The molecule has 1 rings (SSSR count). The van der Waals surface area contributed by atoms with E-state index < -0.39 is 23.7 Å². The van der Waals surface area contributed by atoms with E-state index in [1.165, 1.54) is 25.1 Å². The second-order valence-corrected chi connectivity index (χ2v) is 4.18. The first-order chi connectivity index (χ1) is 8.90. The fourth-order valence-electron chi connectivity index (χ4n) is 1.50. The van der Waals surface area contributed by atoms with Gasteiger partial charge in [0.25, 0.3) is 5.91 Å². The van der Waals surface area contributed by atoms with Crippen LogP contribution >= 0.6 is 0 Å². The minimum absolute atomic E-state index is 0.0917. The van der Waals surface area contributed by atoms with Crippen molar-refractivity contribution in [2.45, 2.75) is 25.8 Å². The predicted molar refractivity (Wildman–Crippen MR) is 66.8 cm³/mol. The van der Waals surface area contributed by atoms with Crippen molar-refractivity contribution in [2.24, 2.45) is 5.73 Å².